The Bertz CT molecular complexity index is 1340. The molecule has 33 heavy (non-hydrogen) atoms. The number of H-pyrrole nitrogens is 1. The van der Waals surface area contributed by atoms with Crippen LogP contribution in [0.15, 0.2) is 67.1 Å². The van der Waals surface area contributed by atoms with Crippen molar-refractivity contribution >= 4 is 34.7 Å². The normalized spacial score (nSPS) is 11.0. The van der Waals surface area contributed by atoms with Gasteiger partial charge in [0.2, 0.25) is 5.91 Å². The van der Waals surface area contributed by atoms with E-state index in [0.29, 0.717) is 33.7 Å². The van der Waals surface area contributed by atoms with E-state index in [1.807, 2.05) is 30.3 Å². The number of ether oxygens (including phenoxy) is 2. The molecule has 4 aromatic rings. The first kappa shape index (κ1) is 21.8. The van der Waals surface area contributed by atoms with Crippen LogP contribution in [0, 0.1) is 0 Å². The number of methoxy groups -OCH3 is 1. The molecule has 0 aliphatic carbocycles. The summed E-state index contributed by atoms with van der Waals surface area (Å²) in [5.74, 6) is -0.0642. The Hall–Kier alpha value is -4.46. The second-order valence-electron chi connectivity index (χ2n) is 7.01. The van der Waals surface area contributed by atoms with Crippen LogP contribution in [0.25, 0.3) is 28.4 Å². The van der Waals surface area contributed by atoms with Gasteiger partial charge < -0.3 is 19.8 Å². The number of hydrogen-bond acceptors (Lipinski definition) is 6. The molecule has 0 unspecified atom stereocenters. The van der Waals surface area contributed by atoms with Crippen molar-refractivity contribution in [3.63, 3.8) is 0 Å². The predicted octanol–water partition coefficient (Wildman–Crippen LogP) is 4.46. The molecule has 0 spiro atoms. The van der Waals surface area contributed by atoms with Crippen LogP contribution in [0.4, 0.5) is 5.69 Å². The van der Waals surface area contributed by atoms with Gasteiger partial charge in [-0.25, -0.2) is 14.8 Å². The Kier molecular flexibility index (Phi) is 6.45. The number of hydrogen-bond donors (Lipinski definition) is 2. The summed E-state index contributed by atoms with van der Waals surface area (Å²) >= 11 is 0. The van der Waals surface area contributed by atoms with E-state index in [1.54, 1.807) is 44.5 Å². The van der Waals surface area contributed by atoms with Crippen molar-refractivity contribution in [3.05, 3.63) is 78.3 Å². The van der Waals surface area contributed by atoms with Crippen molar-refractivity contribution in [2.45, 2.75) is 6.92 Å². The van der Waals surface area contributed by atoms with Gasteiger partial charge in [0, 0.05) is 29.1 Å². The molecule has 4 rings (SSSR count). The van der Waals surface area contributed by atoms with Crippen LogP contribution in [0.1, 0.15) is 22.8 Å². The Labute approximate surface area is 190 Å². The smallest absolute Gasteiger partial charge is 0.340 e. The summed E-state index contributed by atoms with van der Waals surface area (Å²) in [5.41, 5.74) is 3.55. The first-order chi connectivity index (χ1) is 16.1. The summed E-state index contributed by atoms with van der Waals surface area (Å²) in [5, 5.41) is 3.42. The molecule has 0 atom stereocenters. The quantitative estimate of drug-likeness (QED) is 0.323. The largest absolute Gasteiger partial charge is 0.496 e. The molecule has 2 N–H and O–H groups in total. The molecule has 0 radical (unpaired) electrons. The second kappa shape index (κ2) is 9.78. The van der Waals surface area contributed by atoms with Gasteiger partial charge in [-0.3, -0.25) is 4.79 Å². The average Bonchev–Trinajstić information content (AvgIpc) is 3.28. The van der Waals surface area contributed by atoms with Gasteiger partial charge in [0.25, 0.3) is 0 Å². The van der Waals surface area contributed by atoms with Gasteiger partial charge in [0.15, 0.2) is 0 Å². The molecular formula is C25H22N4O4. The van der Waals surface area contributed by atoms with Crippen LogP contribution in [-0.4, -0.2) is 40.5 Å². The third-order valence-electron chi connectivity index (χ3n) is 4.92. The lowest BCUT2D eigenvalue weighted by Crippen LogP contribution is -2.08. The number of aromatic nitrogens is 3. The summed E-state index contributed by atoms with van der Waals surface area (Å²) in [6.07, 6.45) is 6.12. The number of anilines is 1. The third-order valence-corrected chi connectivity index (χ3v) is 4.92. The highest BCUT2D eigenvalue weighted by atomic mass is 16.5. The van der Waals surface area contributed by atoms with Crippen LogP contribution >= 0.6 is 0 Å². The van der Waals surface area contributed by atoms with Crippen LogP contribution in [0.2, 0.25) is 0 Å². The van der Waals surface area contributed by atoms with Crippen LogP contribution < -0.4 is 10.1 Å². The number of carbonyl (C=O) groups excluding carboxylic acids is 2. The summed E-state index contributed by atoms with van der Waals surface area (Å²) in [4.78, 5) is 36.4. The molecule has 8 heteroatoms. The summed E-state index contributed by atoms with van der Waals surface area (Å²) in [7, 11) is 1.58. The number of carbonyl (C=O) groups is 2. The molecule has 0 fully saturated rings. The fraction of sp³-hybridized carbons (Fsp3) is 0.120. The number of rotatable bonds is 7. The highest BCUT2D eigenvalue weighted by Gasteiger charge is 2.19. The van der Waals surface area contributed by atoms with Gasteiger partial charge in [0.1, 0.15) is 17.7 Å². The van der Waals surface area contributed by atoms with E-state index in [9.17, 15) is 9.59 Å². The van der Waals surface area contributed by atoms with E-state index in [0.717, 1.165) is 11.1 Å². The fourth-order valence-electron chi connectivity index (χ4n) is 3.45. The number of aromatic amines is 1. The number of nitrogens with zero attached hydrogens (tertiary/aromatic N) is 2. The number of fused-ring (bicyclic) bond motifs is 1. The van der Waals surface area contributed by atoms with E-state index in [1.165, 1.54) is 12.4 Å². The molecule has 0 saturated heterocycles. The Balaban J connectivity index is 1.60. The molecule has 2 aromatic carbocycles. The van der Waals surface area contributed by atoms with E-state index in [4.69, 9.17) is 9.47 Å². The molecule has 0 aliphatic rings. The van der Waals surface area contributed by atoms with Crippen molar-refractivity contribution in [1.82, 2.24) is 15.0 Å². The van der Waals surface area contributed by atoms with Crippen molar-refractivity contribution in [2.24, 2.45) is 0 Å². The zero-order valence-electron chi connectivity index (χ0n) is 18.2. The van der Waals surface area contributed by atoms with E-state index in [-0.39, 0.29) is 12.5 Å². The zero-order valence-corrected chi connectivity index (χ0v) is 18.2. The van der Waals surface area contributed by atoms with E-state index < -0.39 is 5.97 Å². The molecule has 0 bridgehead atoms. The van der Waals surface area contributed by atoms with Crippen LogP contribution in [0.5, 0.6) is 5.75 Å². The number of para-hydroxylation sites is 1. The van der Waals surface area contributed by atoms with E-state index in [2.05, 4.69) is 20.3 Å². The molecule has 8 nitrogen and oxygen atoms in total. The predicted molar refractivity (Wildman–Crippen MR) is 126 cm³/mol. The van der Waals surface area contributed by atoms with Gasteiger partial charge >= 0.3 is 5.97 Å². The number of amides is 1. The Morgan fingerprint density at radius 2 is 1.97 bits per heavy atom. The second-order valence-corrected chi connectivity index (χ2v) is 7.01. The number of benzene rings is 2. The lowest BCUT2D eigenvalue weighted by Gasteiger charge is -2.08. The first-order valence-corrected chi connectivity index (χ1v) is 10.3. The number of nitrogens with one attached hydrogen (secondary N) is 2. The number of esters is 1. The standard InChI is InChI=1S/C25H22N4O4/c1-3-33-25(31)19-14-26-24-22(19)23(27-15-28-24)17-8-6-9-18(13-17)29-21(30)12-11-16-7-4-5-10-20(16)32-2/h4-15H,3H2,1-2H3,(H,29,30)(H,26,27,28)/b12-11-. The van der Waals surface area contributed by atoms with Crippen molar-refractivity contribution in [3.8, 4) is 17.0 Å². The van der Waals surface area contributed by atoms with Gasteiger partial charge in [-0.05, 0) is 31.2 Å². The lowest BCUT2D eigenvalue weighted by atomic mass is 10.1. The van der Waals surface area contributed by atoms with Crippen molar-refractivity contribution < 1.29 is 19.1 Å². The minimum Gasteiger partial charge on any atom is -0.496 e. The van der Waals surface area contributed by atoms with Gasteiger partial charge in [-0.2, -0.15) is 0 Å². The first-order valence-electron chi connectivity index (χ1n) is 10.3. The highest BCUT2D eigenvalue weighted by Crippen LogP contribution is 2.30. The fourth-order valence-corrected chi connectivity index (χ4v) is 3.45. The SMILES string of the molecule is CCOC(=O)c1c[nH]c2ncnc(-c3cccc(NC(=O)/C=C\c4ccccc4OC)c3)c12. The summed E-state index contributed by atoms with van der Waals surface area (Å²) in [6.45, 7) is 2.01. The Morgan fingerprint density at radius 1 is 1.12 bits per heavy atom. The molecule has 2 heterocycles. The lowest BCUT2D eigenvalue weighted by molar-refractivity contribution is -0.111. The summed E-state index contributed by atoms with van der Waals surface area (Å²) < 4.78 is 10.5. The topological polar surface area (TPSA) is 106 Å². The maximum absolute atomic E-state index is 12.5. The maximum atomic E-state index is 12.5. The molecule has 2 aromatic heterocycles. The summed E-state index contributed by atoms with van der Waals surface area (Å²) in [6, 6.07) is 14.7. The van der Waals surface area contributed by atoms with Crippen LogP contribution in [0.3, 0.4) is 0 Å². The Morgan fingerprint density at radius 3 is 2.79 bits per heavy atom. The van der Waals surface area contributed by atoms with Gasteiger partial charge in [0.05, 0.1) is 30.4 Å². The zero-order chi connectivity index (χ0) is 23.2. The molecular weight excluding hydrogens is 420 g/mol. The minimum atomic E-state index is -0.453. The highest BCUT2D eigenvalue weighted by molar-refractivity contribution is 6.08. The molecule has 1 amide bonds. The van der Waals surface area contributed by atoms with Crippen molar-refractivity contribution in [2.75, 3.05) is 19.0 Å². The third kappa shape index (κ3) is 4.74. The van der Waals surface area contributed by atoms with E-state index >= 15 is 0 Å². The molecule has 0 saturated carbocycles. The molecule has 166 valence electrons. The van der Waals surface area contributed by atoms with Crippen molar-refractivity contribution in [1.29, 1.82) is 0 Å². The minimum absolute atomic E-state index is 0.262. The van der Waals surface area contributed by atoms with Gasteiger partial charge in [-0.15, -0.1) is 0 Å². The molecule has 0 aliphatic heterocycles. The van der Waals surface area contributed by atoms with Crippen LogP contribution in [-0.2, 0) is 9.53 Å². The maximum Gasteiger partial charge on any atom is 0.340 e. The van der Waals surface area contributed by atoms with Gasteiger partial charge in [-0.1, -0.05) is 30.3 Å². The monoisotopic (exact) mass is 442 g/mol. The average molecular weight is 442 g/mol.